The first-order valence-electron chi connectivity index (χ1n) is 6.14. The van der Waals surface area contributed by atoms with Crippen LogP contribution in [0.25, 0.3) is 5.65 Å². The van der Waals surface area contributed by atoms with Crippen LogP contribution >= 0.6 is 24.0 Å². The van der Waals surface area contributed by atoms with E-state index in [1.165, 1.54) is 0 Å². The van der Waals surface area contributed by atoms with Crippen molar-refractivity contribution < 1.29 is 0 Å². The summed E-state index contributed by atoms with van der Waals surface area (Å²) in [5.74, 6) is 0.494. The molecule has 2 aromatic rings. The highest BCUT2D eigenvalue weighted by Crippen LogP contribution is 2.04. The highest BCUT2D eigenvalue weighted by atomic mass is 127. The summed E-state index contributed by atoms with van der Waals surface area (Å²) >= 11 is 0. The Bertz CT molecular complexity index is 514. The molecular formula is C13H20IN5. The molecule has 2 aromatic heterocycles. The van der Waals surface area contributed by atoms with E-state index >= 15 is 0 Å². The van der Waals surface area contributed by atoms with Crippen LogP contribution in [0.3, 0.4) is 0 Å². The number of aliphatic imine (C=N–C) groups is 1. The van der Waals surface area contributed by atoms with E-state index in [0.717, 1.165) is 17.8 Å². The Labute approximate surface area is 130 Å². The molecule has 0 aliphatic rings. The van der Waals surface area contributed by atoms with Gasteiger partial charge in [0.05, 0.1) is 5.69 Å². The lowest BCUT2D eigenvalue weighted by Gasteiger charge is -2.07. The van der Waals surface area contributed by atoms with Crippen molar-refractivity contribution in [2.24, 2.45) is 10.7 Å². The minimum atomic E-state index is 0. The first-order chi connectivity index (χ1) is 8.65. The molecule has 0 unspecified atom stereocenters. The Hall–Kier alpha value is -1.31. The van der Waals surface area contributed by atoms with Gasteiger partial charge in [-0.25, -0.2) is 4.98 Å². The summed E-state index contributed by atoms with van der Waals surface area (Å²) in [4.78, 5) is 8.77. The van der Waals surface area contributed by atoms with Crippen LogP contribution in [0.4, 0.5) is 0 Å². The Morgan fingerprint density at radius 2 is 2.26 bits per heavy atom. The van der Waals surface area contributed by atoms with Gasteiger partial charge in [0.2, 0.25) is 0 Å². The van der Waals surface area contributed by atoms with Gasteiger partial charge < -0.3 is 15.5 Å². The van der Waals surface area contributed by atoms with E-state index in [9.17, 15) is 0 Å². The number of fused-ring (bicyclic) bond motifs is 1. The molecule has 0 radical (unpaired) electrons. The maximum absolute atomic E-state index is 5.73. The van der Waals surface area contributed by atoms with E-state index in [4.69, 9.17) is 5.73 Å². The van der Waals surface area contributed by atoms with Crippen molar-refractivity contribution in [1.29, 1.82) is 0 Å². The van der Waals surface area contributed by atoms with Crippen LogP contribution in [0.2, 0.25) is 0 Å². The third-order valence-electron chi connectivity index (χ3n) is 2.50. The van der Waals surface area contributed by atoms with Crippen LogP contribution in [0.15, 0.2) is 35.6 Å². The largest absolute Gasteiger partial charge is 0.370 e. The molecule has 6 heteroatoms. The van der Waals surface area contributed by atoms with E-state index in [2.05, 4.69) is 15.3 Å². The summed E-state index contributed by atoms with van der Waals surface area (Å²) in [6.45, 7) is 4.71. The normalized spacial score (nSPS) is 11.6. The van der Waals surface area contributed by atoms with Gasteiger partial charge in [-0.15, -0.1) is 24.0 Å². The number of nitrogens with two attached hydrogens (primary N) is 1. The van der Waals surface area contributed by atoms with Crippen molar-refractivity contribution in [2.45, 2.75) is 26.3 Å². The number of hydrogen-bond donors (Lipinski definition) is 2. The van der Waals surface area contributed by atoms with Crippen LogP contribution in [-0.2, 0) is 6.42 Å². The van der Waals surface area contributed by atoms with Gasteiger partial charge in [-0.05, 0) is 26.0 Å². The molecule has 2 heterocycles. The lowest BCUT2D eigenvalue weighted by molar-refractivity contribution is 0.723. The maximum atomic E-state index is 5.73. The van der Waals surface area contributed by atoms with Crippen LogP contribution in [0, 0.1) is 0 Å². The molecule has 0 amide bonds. The fourth-order valence-corrected chi connectivity index (χ4v) is 1.74. The van der Waals surface area contributed by atoms with E-state index in [1.54, 1.807) is 0 Å². The Morgan fingerprint density at radius 1 is 1.47 bits per heavy atom. The van der Waals surface area contributed by atoms with Crippen LogP contribution in [0.1, 0.15) is 19.5 Å². The second kappa shape index (κ2) is 7.32. The van der Waals surface area contributed by atoms with Crippen LogP contribution < -0.4 is 11.1 Å². The average Bonchev–Trinajstić information content (AvgIpc) is 2.70. The Morgan fingerprint density at radius 3 is 2.95 bits per heavy atom. The van der Waals surface area contributed by atoms with Gasteiger partial charge in [0.1, 0.15) is 5.65 Å². The monoisotopic (exact) mass is 373 g/mol. The second-order valence-corrected chi connectivity index (χ2v) is 4.51. The fourth-order valence-electron chi connectivity index (χ4n) is 1.74. The SMILES string of the molecule is CC(C)NC(N)=NCCc1cn2ccccc2n1.I. The predicted octanol–water partition coefficient (Wildman–Crippen LogP) is 1.81. The van der Waals surface area contributed by atoms with Gasteiger partial charge >= 0.3 is 0 Å². The summed E-state index contributed by atoms with van der Waals surface area (Å²) < 4.78 is 2.01. The first-order valence-corrected chi connectivity index (χ1v) is 6.14. The molecule has 104 valence electrons. The van der Waals surface area contributed by atoms with E-state index < -0.39 is 0 Å². The molecule has 5 nitrogen and oxygen atoms in total. The van der Waals surface area contributed by atoms with Crippen LogP contribution in [0.5, 0.6) is 0 Å². The summed E-state index contributed by atoms with van der Waals surface area (Å²) in [7, 11) is 0. The molecule has 0 saturated heterocycles. The van der Waals surface area contributed by atoms with Crippen molar-refractivity contribution in [3.8, 4) is 0 Å². The minimum Gasteiger partial charge on any atom is -0.370 e. The van der Waals surface area contributed by atoms with Gasteiger partial charge in [-0.2, -0.15) is 0 Å². The van der Waals surface area contributed by atoms with E-state index in [0.29, 0.717) is 18.5 Å². The van der Waals surface area contributed by atoms with Gasteiger partial charge in [0.15, 0.2) is 5.96 Å². The van der Waals surface area contributed by atoms with Gasteiger partial charge in [-0.1, -0.05) is 6.07 Å². The number of imidazole rings is 1. The second-order valence-electron chi connectivity index (χ2n) is 4.51. The fraction of sp³-hybridized carbons (Fsp3) is 0.385. The zero-order valence-corrected chi connectivity index (χ0v) is 13.5. The zero-order chi connectivity index (χ0) is 13.0. The van der Waals surface area contributed by atoms with Crippen molar-refractivity contribution >= 4 is 35.6 Å². The molecule has 2 rings (SSSR count). The lowest BCUT2D eigenvalue weighted by atomic mass is 10.3. The molecule has 3 N–H and O–H groups in total. The number of nitrogens with one attached hydrogen (secondary N) is 1. The third-order valence-corrected chi connectivity index (χ3v) is 2.50. The smallest absolute Gasteiger partial charge is 0.188 e. The van der Waals surface area contributed by atoms with E-state index in [-0.39, 0.29) is 24.0 Å². The highest BCUT2D eigenvalue weighted by molar-refractivity contribution is 14.0. The summed E-state index contributed by atoms with van der Waals surface area (Å²) in [5.41, 5.74) is 7.72. The number of halogens is 1. The van der Waals surface area contributed by atoms with Crippen molar-refractivity contribution in [2.75, 3.05) is 6.54 Å². The maximum Gasteiger partial charge on any atom is 0.188 e. The zero-order valence-electron chi connectivity index (χ0n) is 11.2. The molecule has 19 heavy (non-hydrogen) atoms. The number of guanidine groups is 1. The summed E-state index contributed by atoms with van der Waals surface area (Å²) in [5, 5.41) is 3.06. The first kappa shape index (κ1) is 15.7. The quantitative estimate of drug-likeness (QED) is 0.488. The molecule has 0 aliphatic heterocycles. The molecule has 0 atom stereocenters. The van der Waals surface area contributed by atoms with E-state index in [1.807, 2.05) is 48.8 Å². The summed E-state index contributed by atoms with van der Waals surface area (Å²) in [6.07, 6.45) is 4.81. The average molecular weight is 373 g/mol. The Balaban J connectivity index is 0.00000180. The van der Waals surface area contributed by atoms with Gasteiger partial charge in [0.25, 0.3) is 0 Å². The molecule has 0 aromatic carbocycles. The number of nitrogens with zero attached hydrogens (tertiary/aromatic N) is 3. The minimum absolute atomic E-state index is 0. The molecule has 0 fully saturated rings. The summed E-state index contributed by atoms with van der Waals surface area (Å²) in [6, 6.07) is 6.26. The predicted molar refractivity (Wildman–Crippen MR) is 89.1 cm³/mol. The van der Waals surface area contributed by atoms with Crippen molar-refractivity contribution in [3.05, 3.63) is 36.3 Å². The molecule has 0 saturated carbocycles. The standard InChI is InChI=1S/C13H19N5.HI/c1-10(2)16-13(14)15-7-6-11-9-18-8-4-3-5-12(18)17-11;/h3-5,8-10H,6-7H2,1-2H3,(H3,14,15,16);1H. The third kappa shape index (κ3) is 4.70. The molecular weight excluding hydrogens is 353 g/mol. The lowest BCUT2D eigenvalue weighted by Crippen LogP contribution is -2.36. The van der Waals surface area contributed by atoms with Crippen LogP contribution in [-0.4, -0.2) is 27.9 Å². The molecule has 0 spiro atoms. The number of pyridine rings is 1. The topological polar surface area (TPSA) is 67.7 Å². The molecule has 0 bridgehead atoms. The molecule has 0 aliphatic carbocycles. The van der Waals surface area contributed by atoms with Gasteiger partial charge in [-0.3, -0.25) is 4.99 Å². The number of hydrogen-bond acceptors (Lipinski definition) is 2. The highest BCUT2D eigenvalue weighted by Gasteiger charge is 2.00. The van der Waals surface area contributed by atoms with Gasteiger partial charge in [0, 0.05) is 31.4 Å². The van der Waals surface area contributed by atoms with Crippen molar-refractivity contribution in [1.82, 2.24) is 14.7 Å². The number of rotatable bonds is 4. The Kier molecular flexibility index (Phi) is 6.07. The van der Waals surface area contributed by atoms with Crippen molar-refractivity contribution in [3.63, 3.8) is 0 Å². The number of aromatic nitrogens is 2.